The molecule has 36 heavy (non-hydrogen) atoms. The highest BCUT2D eigenvalue weighted by Crippen LogP contribution is 2.28. The third-order valence-electron chi connectivity index (χ3n) is 5.35. The topological polar surface area (TPSA) is 108 Å². The Bertz CT molecular complexity index is 1290. The molecule has 1 aromatic heterocycles. The summed E-state index contributed by atoms with van der Waals surface area (Å²) in [5, 5.41) is 8.00. The molecule has 2 rings (SSSR count). The number of pyridine rings is 1. The molecular weight excluding hydrogens is 466 g/mol. The summed E-state index contributed by atoms with van der Waals surface area (Å²) in [4.78, 5) is 32.0. The van der Waals surface area contributed by atoms with E-state index in [9.17, 15) is 18.4 Å². The Morgan fingerprint density at radius 2 is 1.94 bits per heavy atom. The molecule has 0 radical (unpaired) electrons. The first-order valence-electron chi connectivity index (χ1n) is 11.1. The van der Waals surface area contributed by atoms with E-state index in [2.05, 4.69) is 16.8 Å². The number of carbonyl (C=O) groups excluding carboxylic acids is 1. The summed E-state index contributed by atoms with van der Waals surface area (Å²) in [5.74, 6) is 2.49. The summed E-state index contributed by atoms with van der Waals surface area (Å²) in [7, 11) is 7.09. The van der Waals surface area contributed by atoms with Gasteiger partial charge >= 0.3 is 0 Å². The number of aromatic nitrogens is 1. The number of nitrogens with one attached hydrogen (secondary N) is 1. The van der Waals surface area contributed by atoms with Crippen LogP contribution in [0.5, 0.6) is 0 Å². The molecule has 1 unspecified atom stereocenters. The van der Waals surface area contributed by atoms with Gasteiger partial charge in [0.1, 0.15) is 11.6 Å². The number of likely N-dealkylation sites (N-methyl/N-ethyl adjacent to an activating group) is 2. The molecule has 1 aromatic carbocycles. The number of nitrogens with two attached hydrogens (primary N) is 1. The molecule has 8 nitrogen and oxygen atoms in total. The van der Waals surface area contributed by atoms with Crippen molar-refractivity contribution in [2.45, 2.75) is 12.3 Å². The van der Waals surface area contributed by atoms with Gasteiger partial charge in [-0.05, 0) is 43.9 Å². The molecule has 1 heterocycles. The number of nitrogens with zero attached hydrogens (tertiary/aromatic N) is 4. The first-order chi connectivity index (χ1) is 17.0. The number of rotatable bonds is 8. The Morgan fingerprint density at radius 1 is 1.22 bits per heavy atom. The molecule has 1 amide bonds. The Balaban J connectivity index is 2.31. The fraction of sp³-hybridized carbons (Fsp3) is 0.308. The van der Waals surface area contributed by atoms with Crippen LogP contribution in [-0.2, 0) is 11.8 Å². The quantitative estimate of drug-likeness (QED) is 0.253. The molecule has 0 aliphatic carbocycles. The maximum Gasteiger partial charge on any atom is 0.254 e. The second kappa shape index (κ2) is 13.1. The second-order valence-electron chi connectivity index (χ2n) is 8.39. The van der Waals surface area contributed by atoms with E-state index in [1.807, 2.05) is 19.0 Å². The van der Waals surface area contributed by atoms with Crippen molar-refractivity contribution in [2.24, 2.45) is 17.8 Å². The lowest BCUT2D eigenvalue weighted by atomic mass is 9.89. The van der Waals surface area contributed by atoms with E-state index in [-0.39, 0.29) is 34.6 Å². The third kappa shape index (κ3) is 7.99. The molecule has 0 saturated carbocycles. The Morgan fingerprint density at radius 3 is 2.61 bits per heavy atom. The van der Waals surface area contributed by atoms with Crippen molar-refractivity contribution in [1.82, 2.24) is 14.4 Å². The lowest BCUT2D eigenvalue weighted by Crippen LogP contribution is -2.32. The van der Waals surface area contributed by atoms with Crippen LogP contribution in [0.2, 0.25) is 0 Å². The third-order valence-corrected chi connectivity index (χ3v) is 5.35. The summed E-state index contributed by atoms with van der Waals surface area (Å²) in [6, 6.07) is 6.24. The van der Waals surface area contributed by atoms with Gasteiger partial charge in [0, 0.05) is 63.6 Å². The van der Waals surface area contributed by atoms with Crippen LogP contribution in [-0.4, -0.2) is 66.7 Å². The van der Waals surface area contributed by atoms with Gasteiger partial charge < -0.3 is 20.1 Å². The smallest absolute Gasteiger partial charge is 0.254 e. The van der Waals surface area contributed by atoms with E-state index in [0.29, 0.717) is 6.54 Å². The molecule has 0 spiro atoms. The van der Waals surface area contributed by atoms with Crippen molar-refractivity contribution >= 4 is 18.1 Å². The van der Waals surface area contributed by atoms with Gasteiger partial charge in [0.25, 0.3) is 11.5 Å². The van der Waals surface area contributed by atoms with Gasteiger partial charge in [0.2, 0.25) is 5.96 Å². The second-order valence-corrected chi connectivity index (χ2v) is 8.39. The average Bonchev–Trinajstić information content (AvgIpc) is 2.82. The Hall–Kier alpha value is -4.10. The highest BCUT2D eigenvalue weighted by atomic mass is 19.1. The fourth-order valence-corrected chi connectivity index (χ4v) is 3.20. The van der Waals surface area contributed by atoms with Crippen LogP contribution in [0.25, 0.3) is 0 Å². The maximum atomic E-state index is 14.6. The first kappa shape index (κ1) is 28.1. The first-order valence-corrected chi connectivity index (χ1v) is 11.1. The highest BCUT2D eigenvalue weighted by Gasteiger charge is 2.21. The van der Waals surface area contributed by atoms with Crippen LogP contribution in [0.1, 0.15) is 23.5 Å². The summed E-state index contributed by atoms with van der Waals surface area (Å²) in [6.07, 6.45) is 3.93. The molecule has 190 valence electrons. The monoisotopic (exact) mass is 496 g/mol. The van der Waals surface area contributed by atoms with Gasteiger partial charge in [-0.15, -0.1) is 0 Å². The molecule has 2 aromatic rings. The molecule has 0 saturated heterocycles. The van der Waals surface area contributed by atoms with Gasteiger partial charge in [-0.1, -0.05) is 17.9 Å². The van der Waals surface area contributed by atoms with Crippen molar-refractivity contribution < 1.29 is 13.6 Å². The number of aliphatic imine (C=N–C) groups is 1. The number of halogens is 2. The molecule has 10 heteroatoms. The lowest BCUT2D eigenvalue weighted by Gasteiger charge is -2.19. The number of amides is 1. The number of benzene rings is 1. The number of hydrogen-bond acceptors (Lipinski definition) is 4. The lowest BCUT2D eigenvalue weighted by molar-refractivity contribution is -0.114. The Kier molecular flexibility index (Phi) is 10.2. The van der Waals surface area contributed by atoms with Gasteiger partial charge in [-0.2, -0.15) is 0 Å². The van der Waals surface area contributed by atoms with Gasteiger partial charge in [0.05, 0.1) is 5.57 Å². The predicted molar refractivity (Wildman–Crippen MR) is 137 cm³/mol. The predicted octanol–water partition coefficient (Wildman–Crippen LogP) is 2.10. The average molecular weight is 497 g/mol. The van der Waals surface area contributed by atoms with E-state index >= 15 is 0 Å². The zero-order valence-corrected chi connectivity index (χ0v) is 20.8. The van der Waals surface area contributed by atoms with Gasteiger partial charge in [-0.25, -0.2) is 13.8 Å². The number of primary amides is 1. The van der Waals surface area contributed by atoms with Crippen LogP contribution in [0, 0.1) is 28.9 Å². The number of guanidine groups is 1. The van der Waals surface area contributed by atoms with E-state index in [1.54, 1.807) is 37.3 Å². The van der Waals surface area contributed by atoms with Crippen molar-refractivity contribution in [1.29, 1.82) is 5.41 Å². The van der Waals surface area contributed by atoms with Crippen molar-refractivity contribution in [3.8, 4) is 11.8 Å². The minimum atomic E-state index is -0.842. The van der Waals surface area contributed by atoms with Crippen molar-refractivity contribution in [2.75, 3.05) is 34.2 Å². The van der Waals surface area contributed by atoms with E-state index in [0.717, 1.165) is 31.0 Å². The number of allylic oxidation sites excluding steroid dienone is 1. The van der Waals surface area contributed by atoms with Crippen LogP contribution < -0.4 is 11.3 Å². The standard InChI is InChI=1S/C26H30F2N6O2/c1-32(2)14-15-34(4)26(30)31-17-18(24(29)35)8-5-6-9-20(21-10-7-13-33(3)25(21)36)22-16-19(27)11-12-23(22)28/h7-8,10-13,16-17,20,30H,9,14-15H2,1-4H3,(H2,29,35)/b18-8-,30-26?,31-17-. The van der Waals surface area contributed by atoms with Gasteiger partial charge in [-0.3, -0.25) is 15.0 Å². The summed E-state index contributed by atoms with van der Waals surface area (Å²) in [5.41, 5.74) is 5.28. The molecule has 3 N–H and O–H groups in total. The van der Waals surface area contributed by atoms with Crippen LogP contribution in [0.15, 0.2) is 58.0 Å². The largest absolute Gasteiger partial charge is 0.366 e. The van der Waals surface area contributed by atoms with Crippen molar-refractivity contribution in [3.63, 3.8) is 0 Å². The normalized spacial score (nSPS) is 12.4. The van der Waals surface area contributed by atoms with Crippen LogP contribution in [0.4, 0.5) is 8.78 Å². The molecular formula is C26H30F2N6O2. The zero-order valence-electron chi connectivity index (χ0n) is 20.8. The molecule has 0 aliphatic rings. The van der Waals surface area contributed by atoms with Crippen LogP contribution >= 0.6 is 0 Å². The van der Waals surface area contributed by atoms with Gasteiger partial charge in [0.15, 0.2) is 0 Å². The van der Waals surface area contributed by atoms with E-state index in [4.69, 9.17) is 11.1 Å². The molecule has 0 bridgehead atoms. The van der Waals surface area contributed by atoms with E-state index in [1.165, 1.54) is 10.6 Å². The molecule has 0 aliphatic heterocycles. The molecule has 1 atom stereocenters. The number of carbonyl (C=O) groups is 1. The highest BCUT2D eigenvalue weighted by molar-refractivity contribution is 6.13. The Labute approximate surface area is 209 Å². The fourth-order valence-electron chi connectivity index (χ4n) is 3.20. The minimum absolute atomic E-state index is 0.00229. The zero-order chi connectivity index (χ0) is 26.8. The van der Waals surface area contributed by atoms with Crippen LogP contribution in [0.3, 0.4) is 0 Å². The summed E-state index contributed by atoms with van der Waals surface area (Å²) in [6.45, 7) is 1.28. The maximum absolute atomic E-state index is 14.6. The number of hydrogen-bond donors (Lipinski definition) is 2. The van der Waals surface area contributed by atoms with Crippen molar-refractivity contribution in [3.05, 3.63) is 81.3 Å². The summed E-state index contributed by atoms with van der Waals surface area (Å²) >= 11 is 0. The minimum Gasteiger partial charge on any atom is -0.366 e. The molecule has 0 fully saturated rings. The SMILES string of the molecule is CN(C)CCN(C)C(=N)/N=C\C(=C\C#CCC(c1cc(F)ccc1F)c1cccn(C)c1=O)C(N)=O. The summed E-state index contributed by atoms with van der Waals surface area (Å²) < 4.78 is 29.8. The van der Waals surface area contributed by atoms with E-state index < -0.39 is 23.5 Å². The number of aryl methyl sites for hydroxylation is 1.